The number of nitrogens with one attached hydrogen (secondary N) is 1. The van der Waals surface area contributed by atoms with Crippen LogP contribution in [-0.2, 0) is 30.6 Å². The Balaban J connectivity index is 1.54. The predicted molar refractivity (Wildman–Crippen MR) is 155 cm³/mol. The number of amides is 2. The molecule has 17 nitrogen and oxygen atoms in total. The van der Waals surface area contributed by atoms with Gasteiger partial charge in [0.1, 0.15) is 11.4 Å². The van der Waals surface area contributed by atoms with Gasteiger partial charge in [-0.2, -0.15) is 9.36 Å². The Morgan fingerprint density at radius 1 is 1.33 bits per heavy atom. The first-order valence-electron chi connectivity index (χ1n) is 12.6. The fourth-order valence-corrected chi connectivity index (χ4v) is 6.93. The Hall–Kier alpha value is -4.17. The Morgan fingerprint density at radius 2 is 2.05 bits per heavy atom. The molecule has 0 bridgehead atoms. The number of oxime groups is 1. The third kappa shape index (κ3) is 6.59. The number of rotatable bonds is 12. The lowest BCUT2D eigenvalue weighted by atomic mass is 10.0. The first kappa shape index (κ1) is 31.8. The number of carboxylic acid groups (broad SMARTS) is 2. The molecule has 2 amide bonds. The maximum Gasteiger partial charge on any atom is 0.350 e. The summed E-state index contributed by atoms with van der Waals surface area (Å²) in [6, 6.07) is 0.394. The normalized spacial score (nSPS) is 18.6. The van der Waals surface area contributed by atoms with Crippen LogP contribution in [0.3, 0.4) is 0 Å². The summed E-state index contributed by atoms with van der Waals surface area (Å²) in [5.74, 6) is -3.79. The minimum absolute atomic E-state index is 0.00662. The van der Waals surface area contributed by atoms with Crippen LogP contribution in [0.2, 0.25) is 0 Å². The number of thioether (sulfide) groups is 2. The summed E-state index contributed by atoms with van der Waals surface area (Å²) in [6.45, 7) is 4.98. The van der Waals surface area contributed by atoms with Crippen molar-refractivity contribution in [3.63, 3.8) is 0 Å². The lowest BCUT2D eigenvalue weighted by Gasteiger charge is -2.50. The van der Waals surface area contributed by atoms with E-state index in [-0.39, 0.29) is 34.0 Å². The molecule has 20 heteroatoms. The quantitative estimate of drug-likeness (QED) is 0.0421. The largest absolute Gasteiger partial charge is 0.543 e. The maximum atomic E-state index is 13.2. The second kappa shape index (κ2) is 12.6. The van der Waals surface area contributed by atoms with Gasteiger partial charge in [0.15, 0.2) is 5.13 Å². The molecule has 43 heavy (non-hydrogen) atoms. The molecule has 0 saturated carbocycles. The van der Waals surface area contributed by atoms with Gasteiger partial charge in [-0.15, -0.1) is 11.8 Å². The molecule has 4 rings (SSSR count). The van der Waals surface area contributed by atoms with E-state index in [1.165, 1.54) is 43.4 Å². The number of aliphatic carboxylic acids is 2. The lowest BCUT2D eigenvalue weighted by molar-refractivity contribution is -0.723. The number of nitrogen functional groups attached to an aromatic ring is 3. The van der Waals surface area contributed by atoms with Crippen molar-refractivity contribution in [2.45, 2.75) is 55.9 Å². The highest BCUT2D eigenvalue weighted by atomic mass is 32.2. The van der Waals surface area contributed by atoms with Crippen LogP contribution in [0.15, 0.2) is 27.6 Å². The van der Waals surface area contributed by atoms with Gasteiger partial charge in [0.05, 0.1) is 24.3 Å². The molecule has 4 heterocycles. The number of β-lactam (4-membered cyclic amide) rings is 1. The number of carbonyl (C=O) groups is 4. The molecular formula is C23H28N10O7S3. The fraction of sp³-hybridized carbons (Fsp3) is 0.435. The lowest BCUT2D eigenvalue weighted by Crippen LogP contribution is -2.71. The van der Waals surface area contributed by atoms with Crippen LogP contribution in [0.1, 0.15) is 33.0 Å². The van der Waals surface area contributed by atoms with E-state index in [4.69, 9.17) is 22.0 Å². The molecule has 8 N–H and O–H groups in total. The van der Waals surface area contributed by atoms with Crippen molar-refractivity contribution < 1.29 is 38.8 Å². The van der Waals surface area contributed by atoms with Gasteiger partial charge < -0.3 is 42.4 Å². The number of nitrogens with two attached hydrogens (primary N) is 3. The minimum Gasteiger partial charge on any atom is -0.543 e. The molecule has 1 saturated heterocycles. The molecule has 0 radical (unpaired) electrons. The van der Waals surface area contributed by atoms with Gasteiger partial charge in [0.25, 0.3) is 11.8 Å². The van der Waals surface area contributed by atoms with E-state index in [9.17, 15) is 29.4 Å². The molecule has 2 aromatic heterocycles. The third-order valence-electron chi connectivity index (χ3n) is 6.16. The van der Waals surface area contributed by atoms with Crippen LogP contribution in [0.5, 0.6) is 0 Å². The number of nitrogens with zero attached hydrogens (tertiary/aromatic N) is 6. The van der Waals surface area contributed by atoms with Crippen LogP contribution in [0.25, 0.3) is 0 Å². The molecule has 0 aliphatic carbocycles. The van der Waals surface area contributed by atoms with Gasteiger partial charge in [0, 0.05) is 23.0 Å². The predicted octanol–water partition coefficient (Wildman–Crippen LogP) is -1.84. The summed E-state index contributed by atoms with van der Waals surface area (Å²) in [5.41, 5.74) is 15.4. The fourth-order valence-electron chi connectivity index (χ4n) is 3.96. The van der Waals surface area contributed by atoms with Crippen molar-refractivity contribution in [3.05, 3.63) is 23.2 Å². The van der Waals surface area contributed by atoms with E-state index in [0.717, 1.165) is 22.9 Å². The number of carbonyl (C=O) groups excluding carboxylic acids is 3. The first-order chi connectivity index (χ1) is 20.2. The van der Waals surface area contributed by atoms with Gasteiger partial charge >= 0.3 is 11.1 Å². The summed E-state index contributed by atoms with van der Waals surface area (Å²) in [5, 5.41) is 27.4. The zero-order valence-electron chi connectivity index (χ0n) is 23.1. The molecule has 2 aliphatic rings. The van der Waals surface area contributed by atoms with Crippen LogP contribution >= 0.6 is 35.1 Å². The first-order valence-corrected chi connectivity index (χ1v) is 15.4. The van der Waals surface area contributed by atoms with Gasteiger partial charge in [-0.3, -0.25) is 14.5 Å². The Kier molecular flexibility index (Phi) is 9.30. The molecule has 2 atom stereocenters. The van der Waals surface area contributed by atoms with Gasteiger partial charge in [0.2, 0.25) is 28.8 Å². The van der Waals surface area contributed by atoms with Crippen molar-refractivity contribution >= 4 is 81.3 Å². The number of hydrogen-bond acceptors (Lipinski definition) is 16. The van der Waals surface area contributed by atoms with Crippen molar-refractivity contribution in [3.8, 4) is 0 Å². The van der Waals surface area contributed by atoms with Crippen molar-refractivity contribution in [1.29, 1.82) is 0 Å². The summed E-state index contributed by atoms with van der Waals surface area (Å²) in [7, 11) is 0. The van der Waals surface area contributed by atoms with E-state index < -0.39 is 46.5 Å². The van der Waals surface area contributed by atoms with Gasteiger partial charge in [-0.1, -0.05) is 17.1 Å². The summed E-state index contributed by atoms with van der Waals surface area (Å²) >= 11 is 3.23. The molecule has 0 spiro atoms. The topological polar surface area (TPSA) is 269 Å². The van der Waals surface area contributed by atoms with E-state index in [2.05, 4.69) is 24.8 Å². The molecular weight excluding hydrogens is 625 g/mol. The van der Waals surface area contributed by atoms with Crippen molar-refractivity contribution in [1.82, 2.24) is 24.6 Å². The summed E-state index contributed by atoms with van der Waals surface area (Å²) in [6.07, 6.45) is 0.774. The monoisotopic (exact) mass is 652 g/mol. The van der Waals surface area contributed by atoms with Gasteiger partial charge in [-0.25, -0.2) is 9.36 Å². The second-order valence-electron chi connectivity index (χ2n) is 9.73. The van der Waals surface area contributed by atoms with Crippen LogP contribution in [-0.4, -0.2) is 82.3 Å². The smallest absolute Gasteiger partial charge is 0.350 e. The number of anilines is 3. The average Bonchev–Trinajstić information content (AvgIpc) is 3.36. The minimum atomic E-state index is -1.81. The van der Waals surface area contributed by atoms with E-state index in [1.807, 2.05) is 6.92 Å². The highest BCUT2D eigenvalue weighted by Crippen LogP contribution is 2.41. The zero-order valence-corrected chi connectivity index (χ0v) is 25.5. The number of aromatic nitrogens is 4. The molecule has 2 unspecified atom stereocenters. The third-order valence-corrected chi connectivity index (χ3v) is 9.11. The molecule has 0 aromatic carbocycles. The Labute approximate surface area is 257 Å². The number of hydrogen-bond donors (Lipinski definition) is 5. The summed E-state index contributed by atoms with van der Waals surface area (Å²) < 4.78 is 5.69. The molecule has 2 aliphatic heterocycles. The molecule has 230 valence electrons. The SMILES string of the molecule is CCC[n+]1c(N)cc(N)nc1SCC1=C(C(=O)[O-])N2C(=O)C(NC(=O)/C(=N\OC(C)(C)C(=O)O)c3nsc(N)n3)C2SC1. The van der Waals surface area contributed by atoms with Crippen molar-refractivity contribution in [2.75, 3.05) is 28.7 Å². The molecule has 2 aromatic rings. The summed E-state index contributed by atoms with van der Waals surface area (Å²) in [4.78, 5) is 64.4. The molecule has 1 fully saturated rings. The zero-order chi connectivity index (χ0) is 31.6. The van der Waals surface area contributed by atoms with Crippen LogP contribution in [0, 0.1) is 0 Å². The van der Waals surface area contributed by atoms with E-state index in [1.54, 1.807) is 4.57 Å². The van der Waals surface area contributed by atoms with Crippen LogP contribution in [0.4, 0.5) is 16.8 Å². The van der Waals surface area contributed by atoms with E-state index >= 15 is 0 Å². The van der Waals surface area contributed by atoms with E-state index in [0.29, 0.717) is 23.1 Å². The average molecular weight is 653 g/mol. The van der Waals surface area contributed by atoms with Crippen LogP contribution < -0.4 is 32.2 Å². The highest BCUT2D eigenvalue weighted by molar-refractivity contribution is 8.01. The van der Waals surface area contributed by atoms with Gasteiger partial charge in [-0.05, 0) is 37.6 Å². The Bertz CT molecular complexity index is 1540. The number of fused-ring (bicyclic) bond motifs is 1. The van der Waals surface area contributed by atoms with Crippen molar-refractivity contribution in [2.24, 2.45) is 5.16 Å². The number of carboxylic acids is 2. The second-order valence-corrected chi connectivity index (χ2v) is 12.6. The Morgan fingerprint density at radius 3 is 2.65 bits per heavy atom. The standard InChI is InChI=1S/C23H28N10O7S3/c1-4-5-32-11(25)6-10(24)27-22(32)42-8-9-7-41-18-13(17(35)33(18)14(9)19(36)37)28-16(34)12(15-29-21(26)43-31-15)30-40-23(2,3)20(38)39/h6,13,18H,4-5,7-8H2,1-3H3,(H8,24,25,26,28,29,31,34,36,37,38,39)/b30-12-. The maximum absolute atomic E-state index is 13.2. The highest BCUT2D eigenvalue weighted by Gasteiger charge is 2.53.